The van der Waals surface area contributed by atoms with E-state index in [0.29, 0.717) is 24.4 Å². The lowest BCUT2D eigenvalue weighted by Gasteiger charge is -2.46. The Balaban J connectivity index is 1.27. The molecule has 5 atom stereocenters. The highest BCUT2D eigenvalue weighted by atomic mass is 28.3. The van der Waals surface area contributed by atoms with E-state index in [1.54, 1.807) is 14.2 Å². The van der Waals surface area contributed by atoms with Crippen LogP contribution in [0, 0.1) is 5.92 Å². The topological polar surface area (TPSA) is 113 Å². The van der Waals surface area contributed by atoms with E-state index in [1.165, 1.54) is 5.19 Å². The zero-order chi connectivity index (χ0) is 34.0. The number of likely N-dealkylation sites (tertiary alicyclic amines) is 1. The van der Waals surface area contributed by atoms with E-state index in [2.05, 4.69) is 42.5 Å². The second kappa shape index (κ2) is 14.2. The van der Waals surface area contributed by atoms with E-state index < -0.39 is 8.07 Å². The van der Waals surface area contributed by atoms with Crippen LogP contribution in [0.5, 0.6) is 11.5 Å². The van der Waals surface area contributed by atoms with Crippen LogP contribution in [-0.4, -0.2) is 74.4 Å². The summed E-state index contributed by atoms with van der Waals surface area (Å²) in [6.45, 7) is 7.39. The van der Waals surface area contributed by atoms with Crippen LogP contribution in [-0.2, 0) is 20.7 Å². The van der Waals surface area contributed by atoms with Gasteiger partial charge in [0, 0.05) is 59.9 Å². The smallest absolute Gasteiger partial charge is 0.228 e. The number of amides is 2. The van der Waals surface area contributed by atoms with E-state index in [4.69, 9.17) is 14.2 Å². The summed E-state index contributed by atoms with van der Waals surface area (Å²) >= 11 is 0. The van der Waals surface area contributed by atoms with Gasteiger partial charge in [-0.1, -0.05) is 55.5 Å². The number of methoxy groups -OCH3 is 2. The van der Waals surface area contributed by atoms with Crippen molar-refractivity contribution in [2.45, 2.75) is 69.5 Å². The second-order valence-electron chi connectivity index (χ2n) is 13.8. The fourth-order valence-electron chi connectivity index (χ4n) is 7.79. The Bertz CT molecular complexity index is 1750. The lowest BCUT2D eigenvalue weighted by atomic mass is 9.86. The van der Waals surface area contributed by atoms with E-state index >= 15 is 0 Å². The molecule has 1 fully saturated rings. The minimum Gasteiger partial charge on any atom is -0.497 e. The van der Waals surface area contributed by atoms with E-state index in [1.807, 2.05) is 65.7 Å². The number of aliphatic hydroxyl groups is 1. The van der Waals surface area contributed by atoms with E-state index in [9.17, 15) is 14.7 Å². The van der Waals surface area contributed by atoms with Gasteiger partial charge in [0.2, 0.25) is 11.8 Å². The number of carbonyl (C=O) groups excluding carboxylic acids is 2. The molecular formula is C38H47N3O6Si. The van der Waals surface area contributed by atoms with Crippen LogP contribution in [0.2, 0.25) is 18.6 Å². The van der Waals surface area contributed by atoms with Crippen molar-refractivity contribution < 1.29 is 28.9 Å². The van der Waals surface area contributed by atoms with Crippen molar-refractivity contribution in [3.63, 3.8) is 0 Å². The van der Waals surface area contributed by atoms with Gasteiger partial charge in [0.25, 0.3) is 0 Å². The van der Waals surface area contributed by atoms with Gasteiger partial charge in [0.1, 0.15) is 17.6 Å². The van der Waals surface area contributed by atoms with Gasteiger partial charge in [-0.25, -0.2) is 0 Å². The van der Waals surface area contributed by atoms with Gasteiger partial charge in [-0.05, 0) is 54.8 Å². The fourth-order valence-corrected chi connectivity index (χ4v) is 11.1. The number of fused-ring (bicyclic) bond motifs is 2. The Labute approximate surface area is 283 Å². The first-order chi connectivity index (χ1) is 23.1. The summed E-state index contributed by atoms with van der Waals surface area (Å²) in [5.74, 6) is 1.36. The molecule has 4 aromatic rings. The average Bonchev–Trinajstić information content (AvgIpc) is 3.74. The highest BCUT2D eigenvalue weighted by Crippen LogP contribution is 2.48. The lowest BCUT2D eigenvalue weighted by molar-refractivity contribution is -0.133. The van der Waals surface area contributed by atoms with E-state index in [0.717, 1.165) is 40.6 Å². The van der Waals surface area contributed by atoms with Crippen molar-refractivity contribution in [1.82, 2.24) is 9.88 Å². The molecule has 3 heterocycles. The van der Waals surface area contributed by atoms with Crippen LogP contribution in [0.1, 0.15) is 43.4 Å². The van der Waals surface area contributed by atoms with Crippen molar-refractivity contribution in [3.8, 4) is 11.5 Å². The SMILES string of the molecule is COc1ccc([Si](C)(C)C(CC(=O)N2CCC[C@H]2CO)[C@@H]2Oc3ccc(NC(=O)Cc4c[nH]c5ccccc45)cc3[C@H](OC)[C@H]2C)cc1. The summed E-state index contributed by atoms with van der Waals surface area (Å²) in [4.78, 5) is 32.2. The Hall–Kier alpha value is -4.12. The third-order valence-electron chi connectivity index (χ3n) is 10.6. The maximum atomic E-state index is 14.0. The number of carbonyl (C=O) groups is 2. The van der Waals surface area contributed by atoms with Gasteiger partial charge < -0.3 is 34.5 Å². The van der Waals surface area contributed by atoms with Crippen LogP contribution in [0.4, 0.5) is 5.69 Å². The number of H-pyrrole nitrogens is 1. The van der Waals surface area contributed by atoms with Gasteiger partial charge in [-0.3, -0.25) is 9.59 Å². The third-order valence-corrected chi connectivity index (χ3v) is 14.8. The molecule has 6 rings (SSSR count). The van der Waals surface area contributed by atoms with Crippen LogP contribution >= 0.6 is 0 Å². The number of rotatable bonds is 11. The minimum atomic E-state index is -2.37. The zero-order valence-electron chi connectivity index (χ0n) is 28.5. The highest BCUT2D eigenvalue weighted by Gasteiger charge is 2.49. The number of aliphatic hydroxyl groups excluding tert-OH is 1. The summed E-state index contributed by atoms with van der Waals surface area (Å²) in [7, 11) is 0.993. The first kappa shape index (κ1) is 33.8. The van der Waals surface area contributed by atoms with Crippen molar-refractivity contribution in [2.75, 3.05) is 32.7 Å². The number of hydrogen-bond donors (Lipinski definition) is 3. The summed E-state index contributed by atoms with van der Waals surface area (Å²) in [6, 6.07) is 21.8. The average molecular weight is 670 g/mol. The molecule has 1 saturated heterocycles. The predicted molar refractivity (Wildman–Crippen MR) is 191 cm³/mol. The Morgan fingerprint density at radius 1 is 1.10 bits per heavy atom. The van der Waals surface area contributed by atoms with Crippen molar-refractivity contribution in [3.05, 3.63) is 84.1 Å². The number of nitrogens with one attached hydrogen (secondary N) is 2. The third kappa shape index (κ3) is 6.61. The maximum Gasteiger partial charge on any atom is 0.228 e. The van der Waals surface area contributed by atoms with Gasteiger partial charge in [-0.15, -0.1) is 0 Å². The molecule has 254 valence electrons. The summed E-state index contributed by atoms with van der Waals surface area (Å²) in [6.07, 6.45) is 3.58. The Kier molecular flexibility index (Phi) is 9.96. The fraction of sp³-hybridized carbons (Fsp3) is 0.421. The van der Waals surface area contributed by atoms with Crippen LogP contribution in [0.15, 0.2) is 72.9 Å². The monoisotopic (exact) mass is 669 g/mol. The number of ether oxygens (including phenoxy) is 3. The van der Waals surface area contributed by atoms with Gasteiger partial charge in [-0.2, -0.15) is 0 Å². The number of aromatic amines is 1. The number of benzene rings is 3. The quantitative estimate of drug-likeness (QED) is 0.174. The maximum absolute atomic E-state index is 14.0. The zero-order valence-corrected chi connectivity index (χ0v) is 29.5. The first-order valence-corrected chi connectivity index (χ1v) is 20.0. The molecule has 1 unspecified atom stereocenters. The number of nitrogens with zero attached hydrogens (tertiary/aromatic N) is 1. The number of aromatic nitrogens is 1. The van der Waals surface area contributed by atoms with Gasteiger partial charge in [0.05, 0.1) is 40.4 Å². The molecule has 0 spiro atoms. The molecule has 2 aliphatic rings. The molecule has 2 aliphatic heterocycles. The molecule has 48 heavy (non-hydrogen) atoms. The molecule has 3 N–H and O–H groups in total. The summed E-state index contributed by atoms with van der Waals surface area (Å²) < 4.78 is 18.5. The lowest BCUT2D eigenvalue weighted by Crippen LogP contribution is -2.55. The number of para-hydroxylation sites is 1. The Morgan fingerprint density at radius 2 is 1.88 bits per heavy atom. The van der Waals surface area contributed by atoms with Gasteiger partial charge in [0.15, 0.2) is 0 Å². The van der Waals surface area contributed by atoms with Crippen molar-refractivity contribution in [2.24, 2.45) is 5.92 Å². The van der Waals surface area contributed by atoms with Crippen molar-refractivity contribution >= 4 is 41.7 Å². The predicted octanol–water partition coefficient (Wildman–Crippen LogP) is 5.80. The molecular weight excluding hydrogens is 623 g/mol. The van der Waals surface area contributed by atoms with Crippen LogP contribution in [0.3, 0.4) is 0 Å². The highest BCUT2D eigenvalue weighted by molar-refractivity contribution is 6.91. The number of anilines is 1. The second-order valence-corrected chi connectivity index (χ2v) is 18.5. The summed E-state index contributed by atoms with van der Waals surface area (Å²) in [5, 5.41) is 15.3. The standard InChI is InChI=1S/C38H47N3O6Si/c1-24-37(46-3)31-20-26(40-35(43)19-25-22-39-32-11-7-6-10-30(25)32)12-17-33(31)47-38(24)34(21-36(44)41-18-8-9-27(41)23-42)48(4,5)29-15-13-28(45-2)14-16-29/h6-7,10-17,20,22,24,27,34,37-39,42H,8-9,18-19,21,23H2,1-5H3,(H,40,43)/t24-,27+,34?,37-,38-/m1/s1. The summed E-state index contributed by atoms with van der Waals surface area (Å²) in [5.41, 5.74) is 3.41. The molecule has 3 aromatic carbocycles. The van der Waals surface area contributed by atoms with Crippen LogP contribution < -0.4 is 20.0 Å². The molecule has 10 heteroatoms. The van der Waals surface area contributed by atoms with E-state index in [-0.39, 0.29) is 54.6 Å². The molecule has 0 radical (unpaired) electrons. The molecule has 2 amide bonds. The molecule has 1 aromatic heterocycles. The normalized spacial score (nSPS) is 21.4. The Morgan fingerprint density at radius 3 is 2.60 bits per heavy atom. The molecule has 0 bridgehead atoms. The van der Waals surface area contributed by atoms with Gasteiger partial charge >= 0.3 is 0 Å². The minimum absolute atomic E-state index is 0.0220. The van der Waals surface area contributed by atoms with Crippen LogP contribution in [0.25, 0.3) is 10.9 Å². The molecule has 9 nitrogen and oxygen atoms in total. The first-order valence-electron chi connectivity index (χ1n) is 16.9. The van der Waals surface area contributed by atoms with Crippen molar-refractivity contribution in [1.29, 1.82) is 0 Å². The number of hydrogen-bond acceptors (Lipinski definition) is 6. The molecule has 0 aliphatic carbocycles. The molecule has 0 saturated carbocycles. The largest absolute Gasteiger partial charge is 0.497 e.